The van der Waals surface area contributed by atoms with Crippen LogP contribution < -0.4 is 0 Å². The van der Waals surface area contributed by atoms with Gasteiger partial charge in [-0.3, -0.25) is 14.4 Å². The number of alkyl halides is 1. The predicted molar refractivity (Wildman–Crippen MR) is 113 cm³/mol. The highest BCUT2D eigenvalue weighted by molar-refractivity contribution is 9.09. The van der Waals surface area contributed by atoms with Gasteiger partial charge in [-0.1, -0.05) is 46.3 Å². The highest BCUT2D eigenvalue weighted by Gasteiger charge is 2.51. The molecule has 0 aromatic heterocycles. The van der Waals surface area contributed by atoms with Crippen LogP contribution in [0.2, 0.25) is 0 Å². The molecule has 0 unspecified atom stereocenters. The first kappa shape index (κ1) is 25.2. The molecule has 1 aliphatic rings. The minimum Gasteiger partial charge on any atom is -0.463 e. The zero-order valence-corrected chi connectivity index (χ0v) is 19.6. The topological polar surface area (TPSA) is 114 Å². The van der Waals surface area contributed by atoms with Gasteiger partial charge in [0.1, 0.15) is 12.7 Å². The Labute approximate surface area is 192 Å². The molecule has 0 radical (unpaired) electrons. The van der Waals surface area contributed by atoms with Crippen molar-refractivity contribution >= 4 is 50.9 Å². The molecule has 170 valence electrons. The lowest BCUT2D eigenvalue weighted by atomic mass is 9.99. The second-order valence-electron chi connectivity index (χ2n) is 6.58. The van der Waals surface area contributed by atoms with Crippen LogP contribution in [-0.4, -0.2) is 59.2 Å². The van der Waals surface area contributed by atoms with Crippen LogP contribution in [0.15, 0.2) is 30.3 Å². The highest BCUT2D eigenvalue weighted by atomic mass is 79.9. The van der Waals surface area contributed by atoms with Crippen molar-refractivity contribution in [2.24, 2.45) is 0 Å². The Bertz CT molecular complexity index is 788. The average molecular weight is 519 g/mol. The Balaban J connectivity index is 2.21. The van der Waals surface area contributed by atoms with Crippen molar-refractivity contribution in [1.82, 2.24) is 0 Å². The fourth-order valence-corrected chi connectivity index (χ4v) is 4.19. The molecule has 1 aromatic carbocycles. The van der Waals surface area contributed by atoms with E-state index in [1.54, 1.807) is 0 Å². The number of carbonyl (C=O) groups is 4. The van der Waals surface area contributed by atoms with Gasteiger partial charge in [-0.05, 0) is 17.3 Å². The van der Waals surface area contributed by atoms with E-state index < -0.39 is 52.6 Å². The maximum Gasteiger partial charge on any atom is 0.368 e. The van der Waals surface area contributed by atoms with E-state index in [4.69, 9.17) is 23.7 Å². The largest absolute Gasteiger partial charge is 0.463 e. The minimum absolute atomic E-state index is 0.257. The van der Waals surface area contributed by atoms with Gasteiger partial charge >= 0.3 is 23.2 Å². The average Bonchev–Trinajstić information content (AvgIpc) is 2.70. The van der Waals surface area contributed by atoms with E-state index in [-0.39, 0.29) is 6.61 Å². The SMILES string of the molecule is CC(=O)OC[C@H]1O[C@H](Br)[C@H](OC(C)=O)[C@@H](OC(=O)SCc2ccccc2)[C@H]1OC(C)=O. The molecule has 1 aliphatic heterocycles. The van der Waals surface area contributed by atoms with Crippen LogP contribution in [0, 0.1) is 0 Å². The summed E-state index contributed by atoms with van der Waals surface area (Å²) in [6.45, 7) is 3.32. The van der Waals surface area contributed by atoms with Gasteiger partial charge in [-0.2, -0.15) is 0 Å². The van der Waals surface area contributed by atoms with Crippen molar-refractivity contribution in [2.45, 2.75) is 56.0 Å². The van der Waals surface area contributed by atoms with E-state index in [9.17, 15) is 19.2 Å². The highest BCUT2D eigenvalue weighted by Crippen LogP contribution is 2.33. The Morgan fingerprint density at radius 3 is 2.10 bits per heavy atom. The zero-order valence-electron chi connectivity index (χ0n) is 17.1. The molecule has 1 fully saturated rings. The molecule has 2 rings (SSSR count). The molecule has 1 aromatic rings. The second-order valence-corrected chi connectivity index (χ2v) is 8.40. The van der Waals surface area contributed by atoms with Crippen LogP contribution in [0.1, 0.15) is 26.3 Å². The first-order valence-electron chi connectivity index (χ1n) is 9.32. The first-order chi connectivity index (χ1) is 14.7. The molecule has 0 spiro atoms. The van der Waals surface area contributed by atoms with E-state index in [0.29, 0.717) is 5.75 Å². The lowest BCUT2D eigenvalue weighted by Gasteiger charge is -2.42. The summed E-state index contributed by atoms with van der Waals surface area (Å²) in [5.74, 6) is -1.52. The molecule has 5 atom stereocenters. The van der Waals surface area contributed by atoms with E-state index in [1.807, 2.05) is 30.3 Å². The van der Waals surface area contributed by atoms with Gasteiger partial charge in [0.15, 0.2) is 23.3 Å². The van der Waals surface area contributed by atoms with Crippen LogP contribution in [-0.2, 0) is 43.8 Å². The van der Waals surface area contributed by atoms with Crippen molar-refractivity contribution in [3.63, 3.8) is 0 Å². The lowest BCUT2D eigenvalue weighted by Crippen LogP contribution is -2.60. The fraction of sp³-hybridized carbons (Fsp3) is 0.500. The molecule has 0 saturated carbocycles. The molecule has 0 aliphatic carbocycles. The minimum atomic E-state index is -1.19. The summed E-state index contributed by atoms with van der Waals surface area (Å²) in [5, 5.41) is -1.56. The quantitative estimate of drug-likeness (QED) is 0.303. The summed E-state index contributed by atoms with van der Waals surface area (Å²) in [5.41, 5.74) is 0.913. The van der Waals surface area contributed by atoms with E-state index in [2.05, 4.69) is 15.9 Å². The fourth-order valence-electron chi connectivity index (χ4n) is 2.85. The monoisotopic (exact) mass is 518 g/mol. The normalized spacial score (nSPS) is 25.2. The van der Waals surface area contributed by atoms with Gasteiger partial charge in [0.2, 0.25) is 0 Å². The number of esters is 3. The molecule has 31 heavy (non-hydrogen) atoms. The number of hydrogen-bond donors (Lipinski definition) is 0. The molecule has 11 heteroatoms. The molecular formula is C20H23BrO9S. The van der Waals surface area contributed by atoms with Crippen LogP contribution in [0.5, 0.6) is 0 Å². The molecule has 1 saturated heterocycles. The third-order valence-corrected chi connectivity index (χ3v) is 5.61. The van der Waals surface area contributed by atoms with Gasteiger partial charge in [0, 0.05) is 26.5 Å². The second kappa shape index (κ2) is 12.1. The number of ether oxygens (including phenoxy) is 5. The summed E-state index contributed by atoms with van der Waals surface area (Å²) in [6, 6.07) is 9.29. The van der Waals surface area contributed by atoms with Crippen molar-refractivity contribution < 1.29 is 42.9 Å². The molecule has 0 amide bonds. The van der Waals surface area contributed by atoms with Crippen LogP contribution in [0.3, 0.4) is 0 Å². The smallest absolute Gasteiger partial charge is 0.368 e. The van der Waals surface area contributed by atoms with E-state index >= 15 is 0 Å². The van der Waals surface area contributed by atoms with Gasteiger partial charge in [0.25, 0.3) is 0 Å². The Kier molecular flexibility index (Phi) is 9.79. The molecule has 9 nitrogen and oxygen atoms in total. The van der Waals surface area contributed by atoms with Crippen LogP contribution in [0.4, 0.5) is 4.79 Å². The Hall–Kier alpha value is -2.11. The number of thioether (sulfide) groups is 1. The summed E-state index contributed by atoms with van der Waals surface area (Å²) in [4.78, 5) is 47.1. The number of benzene rings is 1. The predicted octanol–water partition coefficient (Wildman–Crippen LogP) is 2.97. The Morgan fingerprint density at radius 1 is 0.903 bits per heavy atom. The third-order valence-electron chi connectivity index (χ3n) is 4.06. The summed E-state index contributed by atoms with van der Waals surface area (Å²) >= 11 is 4.15. The first-order valence-corrected chi connectivity index (χ1v) is 11.2. The maximum atomic E-state index is 12.5. The Morgan fingerprint density at radius 2 is 1.52 bits per heavy atom. The van der Waals surface area contributed by atoms with Crippen LogP contribution >= 0.6 is 27.7 Å². The molecule has 1 heterocycles. The summed E-state index contributed by atoms with van der Waals surface area (Å²) < 4.78 is 26.8. The summed E-state index contributed by atoms with van der Waals surface area (Å²) in [7, 11) is 0. The standard InChI is InChI=1S/C20H23BrO9S/c1-11(22)26-9-15-16(27-12(2)23)17(18(19(21)29-15)28-13(3)24)30-20(25)31-10-14-7-5-4-6-8-14/h4-8,15-19H,9-10H2,1-3H3/t15-,16+,17+,18-,19+/m1/s1. The van der Waals surface area contributed by atoms with Gasteiger partial charge in [-0.15, -0.1) is 0 Å². The molecular weight excluding hydrogens is 496 g/mol. The van der Waals surface area contributed by atoms with Crippen molar-refractivity contribution in [3.05, 3.63) is 35.9 Å². The van der Waals surface area contributed by atoms with Crippen molar-refractivity contribution in [2.75, 3.05) is 6.61 Å². The molecule has 0 bridgehead atoms. The number of rotatable bonds is 7. The number of hydrogen-bond acceptors (Lipinski definition) is 10. The zero-order chi connectivity index (χ0) is 23.0. The molecule has 0 N–H and O–H groups in total. The third kappa shape index (κ3) is 8.15. The van der Waals surface area contributed by atoms with E-state index in [1.165, 1.54) is 20.8 Å². The van der Waals surface area contributed by atoms with Gasteiger partial charge in [0.05, 0.1) is 0 Å². The number of halogens is 1. The maximum absolute atomic E-state index is 12.5. The van der Waals surface area contributed by atoms with E-state index in [0.717, 1.165) is 17.3 Å². The van der Waals surface area contributed by atoms with Gasteiger partial charge < -0.3 is 23.7 Å². The van der Waals surface area contributed by atoms with Gasteiger partial charge in [-0.25, -0.2) is 4.79 Å². The van der Waals surface area contributed by atoms with Crippen molar-refractivity contribution in [3.8, 4) is 0 Å². The van der Waals surface area contributed by atoms with Crippen molar-refractivity contribution in [1.29, 1.82) is 0 Å². The van der Waals surface area contributed by atoms with Crippen LogP contribution in [0.25, 0.3) is 0 Å². The number of carbonyl (C=O) groups excluding carboxylic acids is 4. The summed E-state index contributed by atoms with van der Waals surface area (Å²) in [6.07, 6.45) is -4.42. The lowest BCUT2D eigenvalue weighted by molar-refractivity contribution is -0.226.